The molecule has 1 fully saturated rings. The number of ether oxygens (including phenoxy) is 1. The third-order valence-corrected chi connectivity index (χ3v) is 4.41. The lowest BCUT2D eigenvalue weighted by Crippen LogP contribution is -2.34. The SMILES string of the molecule is COCC(=O)N1CCC[C@H]1c1ncc(C(=O)Nc2ccccc2)c(C)n1. The molecular formula is C19H22N4O3. The van der Waals surface area contributed by atoms with E-state index in [2.05, 4.69) is 15.3 Å². The van der Waals surface area contributed by atoms with Crippen molar-refractivity contribution in [2.75, 3.05) is 25.6 Å². The molecule has 1 atom stereocenters. The highest BCUT2D eigenvalue weighted by Gasteiger charge is 2.32. The fourth-order valence-electron chi connectivity index (χ4n) is 3.13. The molecule has 2 amide bonds. The maximum Gasteiger partial charge on any atom is 0.259 e. The zero-order valence-corrected chi connectivity index (χ0v) is 14.9. The van der Waals surface area contributed by atoms with Crippen LogP contribution in [0.1, 0.15) is 40.8 Å². The number of para-hydroxylation sites is 1. The summed E-state index contributed by atoms with van der Waals surface area (Å²) in [7, 11) is 1.50. The van der Waals surface area contributed by atoms with Gasteiger partial charge in [-0.3, -0.25) is 9.59 Å². The van der Waals surface area contributed by atoms with E-state index in [0.29, 0.717) is 29.3 Å². The largest absolute Gasteiger partial charge is 0.375 e. The lowest BCUT2D eigenvalue weighted by Gasteiger charge is -2.23. The predicted octanol–water partition coefficient (Wildman–Crippen LogP) is 2.35. The molecule has 2 aromatic rings. The summed E-state index contributed by atoms with van der Waals surface area (Å²) < 4.78 is 4.95. The van der Waals surface area contributed by atoms with E-state index in [0.717, 1.165) is 12.8 Å². The van der Waals surface area contributed by atoms with Gasteiger partial charge in [-0.05, 0) is 31.9 Å². The summed E-state index contributed by atoms with van der Waals surface area (Å²) in [4.78, 5) is 35.3. The molecule has 1 aliphatic heterocycles. The third-order valence-electron chi connectivity index (χ3n) is 4.41. The third kappa shape index (κ3) is 3.88. The molecule has 0 bridgehead atoms. The van der Waals surface area contributed by atoms with Gasteiger partial charge in [-0.1, -0.05) is 18.2 Å². The number of nitrogens with zero attached hydrogens (tertiary/aromatic N) is 3. The minimum atomic E-state index is -0.251. The first-order valence-corrected chi connectivity index (χ1v) is 8.58. The van der Waals surface area contributed by atoms with Crippen LogP contribution in [0.15, 0.2) is 36.5 Å². The predicted molar refractivity (Wildman–Crippen MR) is 96.7 cm³/mol. The van der Waals surface area contributed by atoms with E-state index in [-0.39, 0.29) is 24.5 Å². The highest BCUT2D eigenvalue weighted by molar-refractivity contribution is 6.04. The first kappa shape index (κ1) is 18.0. The van der Waals surface area contributed by atoms with Crippen LogP contribution in [0.5, 0.6) is 0 Å². The zero-order chi connectivity index (χ0) is 18.5. The van der Waals surface area contributed by atoms with E-state index < -0.39 is 0 Å². The van der Waals surface area contributed by atoms with Crippen molar-refractivity contribution in [1.29, 1.82) is 0 Å². The number of hydrogen-bond donors (Lipinski definition) is 1. The van der Waals surface area contributed by atoms with Crippen LogP contribution in [0.4, 0.5) is 5.69 Å². The summed E-state index contributed by atoms with van der Waals surface area (Å²) in [5.41, 5.74) is 1.73. The van der Waals surface area contributed by atoms with Gasteiger partial charge in [-0.25, -0.2) is 9.97 Å². The molecule has 26 heavy (non-hydrogen) atoms. The van der Waals surface area contributed by atoms with Gasteiger partial charge < -0.3 is 15.0 Å². The Balaban J connectivity index is 1.77. The fraction of sp³-hybridized carbons (Fsp3) is 0.368. The maximum absolute atomic E-state index is 12.5. The van der Waals surface area contributed by atoms with Crippen molar-refractivity contribution in [2.24, 2.45) is 0 Å². The summed E-state index contributed by atoms with van der Waals surface area (Å²) >= 11 is 0. The van der Waals surface area contributed by atoms with E-state index in [1.54, 1.807) is 11.8 Å². The van der Waals surface area contributed by atoms with E-state index in [1.807, 2.05) is 30.3 Å². The van der Waals surface area contributed by atoms with Crippen LogP contribution in [0.2, 0.25) is 0 Å². The number of carbonyl (C=O) groups is 2. The highest BCUT2D eigenvalue weighted by Crippen LogP contribution is 2.30. The zero-order valence-electron chi connectivity index (χ0n) is 14.9. The molecule has 7 heteroatoms. The van der Waals surface area contributed by atoms with E-state index in [9.17, 15) is 9.59 Å². The maximum atomic E-state index is 12.5. The highest BCUT2D eigenvalue weighted by atomic mass is 16.5. The van der Waals surface area contributed by atoms with Crippen molar-refractivity contribution < 1.29 is 14.3 Å². The molecule has 0 radical (unpaired) electrons. The number of anilines is 1. The quantitative estimate of drug-likeness (QED) is 0.891. The number of carbonyl (C=O) groups excluding carboxylic acids is 2. The average molecular weight is 354 g/mol. The van der Waals surface area contributed by atoms with E-state index in [1.165, 1.54) is 13.3 Å². The Kier molecular flexibility index (Phi) is 5.58. The Morgan fingerprint density at radius 3 is 2.77 bits per heavy atom. The Labute approximate surface area is 152 Å². The number of aromatic nitrogens is 2. The Morgan fingerprint density at radius 2 is 2.08 bits per heavy atom. The van der Waals surface area contributed by atoms with Crippen molar-refractivity contribution in [3.63, 3.8) is 0 Å². The number of rotatable bonds is 5. The second kappa shape index (κ2) is 8.05. The first-order valence-electron chi connectivity index (χ1n) is 8.58. The molecule has 1 N–H and O–H groups in total. The number of hydrogen-bond acceptors (Lipinski definition) is 5. The van der Waals surface area contributed by atoms with Crippen molar-refractivity contribution >= 4 is 17.5 Å². The molecule has 0 spiro atoms. The van der Waals surface area contributed by atoms with Crippen molar-refractivity contribution in [3.8, 4) is 0 Å². The van der Waals surface area contributed by atoms with Gasteiger partial charge in [-0.15, -0.1) is 0 Å². The monoisotopic (exact) mass is 354 g/mol. The van der Waals surface area contributed by atoms with Crippen molar-refractivity contribution in [2.45, 2.75) is 25.8 Å². The van der Waals surface area contributed by atoms with Gasteiger partial charge >= 0.3 is 0 Å². The van der Waals surface area contributed by atoms with Gasteiger partial charge in [0.2, 0.25) is 5.91 Å². The van der Waals surface area contributed by atoms with E-state index in [4.69, 9.17) is 4.74 Å². The second-order valence-electron chi connectivity index (χ2n) is 6.23. The molecule has 1 aromatic heterocycles. The molecule has 7 nitrogen and oxygen atoms in total. The summed E-state index contributed by atoms with van der Waals surface area (Å²) in [6, 6.07) is 9.07. The molecule has 0 unspecified atom stereocenters. The van der Waals surface area contributed by atoms with E-state index >= 15 is 0 Å². The standard InChI is InChI=1S/C19H22N4O3/c1-13-15(19(25)22-14-7-4-3-5-8-14)11-20-18(21-13)16-9-6-10-23(16)17(24)12-26-2/h3-5,7-8,11,16H,6,9-10,12H2,1-2H3,(H,22,25)/t16-/m0/s1. The van der Waals surface area contributed by atoms with Crippen LogP contribution >= 0.6 is 0 Å². The van der Waals surface area contributed by atoms with Crippen LogP contribution in [0.3, 0.4) is 0 Å². The van der Waals surface area contributed by atoms with Crippen LogP contribution in [0.25, 0.3) is 0 Å². The van der Waals surface area contributed by atoms with Crippen LogP contribution in [-0.4, -0.2) is 46.9 Å². The van der Waals surface area contributed by atoms with Crippen LogP contribution < -0.4 is 5.32 Å². The molecule has 3 rings (SSSR count). The minimum absolute atomic E-state index is 0.0487. The molecule has 2 heterocycles. The average Bonchev–Trinajstić information content (AvgIpc) is 3.12. The lowest BCUT2D eigenvalue weighted by molar-refractivity contribution is -0.136. The summed E-state index contributed by atoms with van der Waals surface area (Å²) in [5.74, 6) is 0.252. The molecule has 0 saturated carbocycles. The molecule has 136 valence electrons. The molecule has 1 aliphatic rings. The fourth-order valence-corrected chi connectivity index (χ4v) is 3.13. The van der Waals surface area contributed by atoms with Gasteiger partial charge in [0.05, 0.1) is 17.3 Å². The van der Waals surface area contributed by atoms with Crippen molar-refractivity contribution in [1.82, 2.24) is 14.9 Å². The smallest absolute Gasteiger partial charge is 0.259 e. The van der Waals surface area contributed by atoms with Gasteiger partial charge in [0.15, 0.2) is 5.82 Å². The number of nitrogens with one attached hydrogen (secondary N) is 1. The number of amides is 2. The van der Waals surface area contributed by atoms with Gasteiger partial charge in [0.25, 0.3) is 5.91 Å². The van der Waals surface area contributed by atoms with Crippen molar-refractivity contribution in [3.05, 3.63) is 53.6 Å². The Morgan fingerprint density at radius 1 is 1.31 bits per heavy atom. The normalized spacial score (nSPS) is 16.5. The van der Waals surface area contributed by atoms with Gasteiger partial charge in [0, 0.05) is 25.5 Å². The van der Waals surface area contributed by atoms with Gasteiger partial charge in [0.1, 0.15) is 6.61 Å². The number of likely N-dealkylation sites (tertiary alicyclic amines) is 1. The minimum Gasteiger partial charge on any atom is -0.375 e. The molecule has 0 aliphatic carbocycles. The molecular weight excluding hydrogens is 332 g/mol. The second-order valence-corrected chi connectivity index (χ2v) is 6.23. The molecule has 1 aromatic carbocycles. The number of aryl methyl sites for hydroxylation is 1. The Hall–Kier alpha value is -2.80. The first-order chi connectivity index (χ1) is 12.6. The topological polar surface area (TPSA) is 84.4 Å². The van der Waals surface area contributed by atoms with Crippen LogP contribution in [0, 0.1) is 6.92 Å². The summed E-state index contributed by atoms with van der Waals surface area (Å²) in [6.07, 6.45) is 3.25. The van der Waals surface area contributed by atoms with Crippen LogP contribution in [-0.2, 0) is 9.53 Å². The summed E-state index contributed by atoms with van der Waals surface area (Å²) in [5, 5.41) is 2.83. The summed E-state index contributed by atoms with van der Waals surface area (Å²) in [6.45, 7) is 2.50. The molecule has 1 saturated heterocycles. The number of methoxy groups -OCH3 is 1. The Bertz CT molecular complexity index is 795. The number of benzene rings is 1. The lowest BCUT2D eigenvalue weighted by atomic mass is 10.1. The van der Waals surface area contributed by atoms with Gasteiger partial charge in [-0.2, -0.15) is 0 Å².